The molecule has 0 atom stereocenters. The summed E-state index contributed by atoms with van der Waals surface area (Å²) < 4.78 is 0. The van der Waals surface area contributed by atoms with Crippen LogP contribution in [0.3, 0.4) is 0 Å². The van der Waals surface area contributed by atoms with Crippen LogP contribution < -0.4 is 5.32 Å². The van der Waals surface area contributed by atoms with Gasteiger partial charge in [0.05, 0.1) is 5.69 Å². The second-order valence-corrected chi connectivity index (χ2v) is 2.15. The highest BCUT2D eigenvalue weighted by molar-refractivity contribution is 6.68. The van der Waals surface area contributed by atoms with E-state index in [9.17, 15) is 9.59 Å². The van der Waals surface area contributed by atoms with E-state index in [4.69, 9.17) is 11.6 Å². The fourth-order valence-corrected chi connectivity index (χ4v) is 0.872. The zero-order valence-electron chi connectivity index (χ0n) is 5.43. The molecule has 1 aromatic rings. The molecule has 0 radical (unpaired) electrons. The Hall–Kier alpha value is -1.29. The minimum Gasteiger partial charge on any atom is -0.356 e. The van der Waals surface area contributed by atoms with Gasteiger partial charge in [0.1, 0.15) is 5.69 Å². The summed E-state index contributed by atoms with van der Waals surface area (Å²) >= 11 is 5.16. The first-order valence-electron chi connectivity index (χ1n) is 2.83. The molecule has 0 fully saturated rings. The molecule has 58 valence electrons. The van der Waals surface area contributed by atoms with Crippen LogP contribution in [0, 0.1) is 0 Å². The summed E-state index contributed by atoms with van der Waals surface area (Å²) in [6, 6.07) is 1.55. The molecule has 4 nitrogen and oxygen atoms in total. The first-order valence-corrected chi connectivity index (χ1v) is 3.21. The Balaban J connectivity index is 2.95. The zero-order valence-corrected chi connectivity index (χ0v) is 6.18. The Labute approximate surface area is 67.5 Å². The van der Waals surface area contributed by atoms with E-state index in [1.165, 1.54) is 6.20 Å². The zero-order chi connectivity index (χ0) is 8.27. The molecule has 0 bridgehead atoms. The number of hydrogen-bond donors (Lipinski definition) is 2. The van der Waals surface area contributed by atoms with Gasteiger partial charge >= 0.3 is 0 Å². The number of carbonyl (C=O) groups is 2. The molecule has 1 amide bonds. The van der Waals surface area contributed by atoms with Crippen LogP contribution in [0.2, 0.25) is 0 Å². The van der Waals surface area contributed by atoms with E-state index >= 15 is 0 Å². The second kappa shape index (κ2) is 3.21. The van der Waals surface area contributed by atoms with Crippen molar-refractivity contribution in [2.24, 2.45) is 0 Å². The normalized spacial score (nSPS) is 9.18. The van der Waals surface area contributed by atoms with Crippen molar-refractivity contribution in [2.45, 2.75) is 0 Å². The lowest BCUT2D eigenvalue weighted by Gasteiger charge is -1.94. The minimum absolute atomic E-state index is 0.193. The molecule has 0 aliphatic carbocycles. The number of halogens is 1. The van der Waals surface area contributed by atoms with Crippen LogP contribution >= 0.6 is 11.6 Å². The van der Waals surface area contributed by atoms with Crippen molar-refractivity contribution in [3.63, 3.8) is 0 Å². The lowest BCUT2D eigenvalue weighted by Crippen LogP contribution is -1.98. The molecule has 0 saturated carbocycles. The monoisotopic (exact) mass is 172 g/mol. The van der Waals surface area contributed by atoms with Gasteiger partial charge in [0, 0.05) is 6.20 Å². The number of aromatic nitrogens is 1. The van der Waals surface area contributed by atoms with Crippen LogP contribution in [0.1, 0.15) is 10.5 Å². The van der Waals surface area contributed by atoms with Crippen LogP contribution in [0.4, 0.5) is 5.69 Å². The number of rotatable bonds is 3. The third-order valence-corrected chi connectivity index (χ3v) is 1.35. The molecular weight excluding hydrogens is 168 g/mol. The molecule has 1 aromatic heterocycles. The van der Waals surface area contributed by atoms with Crippen molar-refractivity contribution in [3.05, 3.63) is 18.0 Å². The van der Waals surface area contributed by atoms with Crippen LogP contribution in [-0.2, 0) is 4.79 Å². The summed E-state index contributed by atoms with van der Waals surface area (Å²) in [5.74, 6) is 0. The van der Waals surface area contributed by atoms with E-state index in [0.717, 1.165) is 0 Å². The molecule has 2 N–H and O–H groups in total. The Bertz CT molecular complexity index is 282. The van der Waals surface area contributed by atoms with Crippen molar-refractivity contribution in [1.29, 1.82) is 0 Å². The third-order valence-electron chi connectivity index (χ3n) is 1.16. The highest BCUT2D eigenvalue weighted by atomic mass is 35.5. The SMILES string of the molecule is O=CNc1cc[nH]c1C(=O)Cl. The molecule has 5 heteroatoms. The van der Waals surface area contributed by atoms with Crippen LogP contribution in [0.15, 0.2) is 12.3 Å². The highest BCUT2D eigenvalue weighted by Crippen LogP contribution is 2.14. The molecule has 11 heavy (non-hydrogen) atoms. The Morgan fingerprint density at radius 3 is 3.00 bits per heavy atom. The lowest BCUT2D eigenvalue weighted by atomic mass is 10.4. The first-order chi connectivity index (χ1) is 5.25. The van der Waals surface area contributed by atoms with E-state index < -0.39 is 5.24 Å². The molecular formula is C6H5ClN2O2. The predicted molar refractivity (Wildman–Crippen MR) is 40.7 cm³/mol. The maximum Gasteiger partial charge on any atom is 0.270 e. The Morgan fingerprint density at radius 2 is 2.45 bits per heavy atom. The number of H-pyrrole nitrogens is 1. The van der Waals surface area contributed by atoms with Gasteiger partial charge in [0.25, 0.3) is 5.24 Å². The van der Waals surface area contributed by atoms with Gasteiger partial charge in [-0.2, -0.15) is 0 Å². The van der Waals surface area contributed by atoms with Gasteiger partial charge in [-0.05, 0) is 17.7 Å². The molecule has 0 aromatic carbocycles. The predicted octanol–water partition coefficient (Wildman–Crippen LogP) is 0.962. The fraction of sp³-hybridized carbons (Fsp3) is 0. The van der Waals surface area contributed by atoms with E-state index in [-0.39, 0.29) is 5.69 Å². The van der Waals surface area contributed by atoms with Gasteiger partial charge in [0.2, 0.25) is 6.41 Å². The highest BCUT2D eigenvalue weighted by Gasteiger charge is 2.08. The van der Waals surface area contributed by atoms with Crippen molar-refractivity contribution < 1.29 is 9.59 Å². The minimum atomic E-state index is -0.626. The van der Waals surface area contributed by atoms with Crippen molar-refractivity contribution >= 4 is 28.9 Å². The fourth-order valence-electron chi connectivity index (χ4n) is 0.716. The van der Waals surface area contributed by atoms with E-state index in [0.29, 0.717) is 12.1 Å². The number of hydrogen-bond acceptors (Lipinski definition) is 2. The molecule has 1 rings (SSSR count). The molecule has 1 heterocycles. The maximum atomic E-state index is 10.6. The summed E-state index contributed by atoms with van der Waals surface area (Å²) in [6.45, 7) is 0. The van der Waals surface area contributed by atoms with E-state index in [2.05, 4.69) is 10.3 Å². The van der Waals surface area contributed by atoms with Gasteiger partial charge in [-0.3, -0.25) is 9.59 Å². The number of carbonyl (C=O) groups excluding carboxylic acids is 2. The summed E-state index contributed by atoms with van der Waals surface area (Å²) in [7, 11) is 0. The van der Waals surface area contributed by atoms with E-state index in [1.54, 1.807) is 6.07 Å². The van der Waals surface area contributed by atoms with Crippen LogP contribution in [-0.4, -0.2) is 16.6 Å². The smallest absolute Gasteiger partial charge is 0.270 e. The van der Waals surface area contributed by atoms with E-state index in [1.807, 2.05) is 0 Å². The topological polar surface area (TPSA) is 62.0 Å². The lowest BCUT2D eigenvalue weighted by molar-refractivity contribution is -0.105. The maximum absolute atomic E-state index is 10.6. The molecule has 0 unspecified atom stereocenters. The number of nitrogens with one attached hydrogen (secondary N) is 2. The molecule has 0 saturated heterocycles. The largest absolute Gasteiger partial charge is 0.356 e. The van der Waals surface area contributed by atoms with Crippen LogP contribution in [0.25, 0.3) is 0 Å². The number of amides is 1. The van der Waals surface area contributed by atoms with Gasteiger partial charge in [0.15, 0.2) is 0 Å². The van der Waals surface area contributed by atoms with Crippen molar-refractivity contribution in [1.82, 2.24) is 4.98 Å². The summed E-state index contributed by atoms with van der Waals surface area (Å²) in [4.78, 5) is 23.1. The quantitative estimate of drug-likeness (QED) is 0.527. The molecule has 0 aliphatic heterocycles. The summed E-state index contributed by atoms with van der Waals surface area (Å²) in [5.41, 5.74) is 0.582. The van der Waals surface area contributed by atoms with Gasteiger partial charge in [-0.25, -0.2) is 0 Å². The number of aromatic amines is 1. The van der Waals surface area contributed by atoms with Gasteiger partial charge in [-0.1, -0.05) is 0 Å². The Morgan fingerprint density at radius 1 is 1.73 bits per heavy atom. The first kappa shape index (κ1) is 7.81. The molecule has 0 spiro atoms. The second-order valence-electron chi connectivity index (χ2n) is 1.80. The van der Waals surface area contributed by atoms with Crippen molar-refractivity contribution in [3.8, 4) is 0 Å². The molecule has 0 aliphatic rings. The number of anilines is 1. The standard InChI is InChI=1S/C6H5ClN2O2/c7-6(11)5-4(9-3-10)1-2-8-5/h1-3,8H,(H,9,10). The average molecular weight is 173 g/mol. The Kier molecular flexibility index (Phi) is 2.28. The van der Waals surface area contributed by atoms with Crippen molar-refractivity contribution in [2.75, 3.05) is 5.32 Å². The van der Waals surface area contributed by atoms with Gasteiger partial charge < -0.3 is 10.3 Å². The summed E-state index contributed by atoms with van der Waals surface area (Å²) in [6.07, 6.45) is 1.99. The van der Waals surface area contributed by atoms with Gasteiger partial charge in [-0.15, -0.1) is 0 Å². The third kappa shape index (κ3) is 1.59. The average Bonchev–Trinajstić information content (AvgIpc) is 2.36. The van der Waals surface area contributed by atoms with Crippen LogP contribution in [0.5, 0.6) is 0 Å². The summed E-state index contributed by atoms with van der Waals surface area (Å²) in [5, 5.41) is 1.69.